The molecule has 1 fully saturated rings. The zero-order valence-electron chi connectivity index (χ0n) is 12.8. The molecule has 1 heterocycles. The van der Waals surface area contributed by atoms with E-state index in [1.807, 2.05) is 0 Å². The smallest absolute Gasteiger partial charge is 0.340 e. The first-order valence-corrected chi connectivity index (χ1v) is 10.2. The number of carbonyl (C=O) groups is 2. The lowest BCUT2D eigenvalue weighted by Gasteiger charge is -2.11. The van der Waals surface area contributed by atoms with Crippen molar-refractivity contribution in [3.8, 4) is 0 Å². The van der Waals surface area contributed by atoms with Crippen molar-refractivity contribution in [1.82, 2.24) is 0 Å². The van der Waals surface area contributed by atoms with Crippen molar-refractivity contribution >= 4 is 39.2 Å². The maximum atomic E-state index is 12.0. The van der Waals surface area contributed by atoms with Gasteiger partial charge in [-0.2, -0.15) is 0 Å². The normalized spacial score (nSPS) is 19.3. The van der Waals surface area contributed by atoms with E-state index in [0.717, 1.165) is 0 Å². The van der Waals surface area contributed by atoms with Crippen LogP contribution in [0.5, 0.6) is 0 Å². The molecule has 0 bridgehead atoms. The first-order valence-electron chi connectivity index (χ1n) is 7.29. The van der Waals surface area contributed by atoms with E-state index >= 15 is 0 Å². The molecular weight excluding hydrogens is 338 g/mol. The van der Waals surface area contributed by atoms with E-state index in [1.54, 1.807) is 31.2 Å². The summed E-state index contributed by atoms with van der Waals surface area (Å²) < 4.78 is 27.7. The third-order valence-corrected chi connectivity index (χ3v) is 6.62. The number of thioether (sulfide) groups is 1. The van der Waals surface area contributed by atoms with Gasteiger partial charge in [-0.3, -0.25) is 4.79 Å². The van der Waals surface area contributed by atoms with E-state index in [2.05, 4.69) is 5.32 Å². The molecule has 1 atom stereocenters. The third kappa shape index (κ3) is 5.24. The maximum absolute atomic E-state index is 12.0. The predicted octanol–water partition coefficient (Wildman–Crippen LogP) is 1.72. The fourth-order valence-corrected chi connectivity index (χ4v) is 5.69. The Hall–Kier alpha value is -1.54. The van der Waals surface area contributed by atoms with E-state index in [1.165, 1.54) is 11.8 Å². The van der Waals surface area contributed by atoms with Gasteiger partial charge in [0.25, 0.3) is 0 Å². The Kier molecular flexibility index (Phi) is 6.06. The van der Waals surface area contributed by atoms with Gasteiger partial charge in [-0.05, 0) is 25.5 Å². The van der Waals surface area contributed by atoms with Gasteiger partial charge in [-0.1, -0.05) is 12.1 Å². The van der Waals surface area contributed by atoms with Gasteiger partial charge in [0.05, 0.1) is 35.1 Å². The van der Waals surface area contributed by atoms with Gasteiger partial charge < -0.3 is 10.1 Å². The fourth-order valence-electron chi connectivity index (χ4n) is 2.25. The summed E-state index contributed by atoms with van der Waals surface area (Å²) in [6.07, 6.45) is 0.583. The number of anilines is 1. The highest BCUT2D eigenvalue weighted by Gasteiger charge is 2.28. The molecule has 1 aliphatic rings. The Morgan fingerprint density at radius 2 is 2.09 bits per heavy atom. The molecule has 0 radical (unpaired) electrons. The molecule has 1 N–H and O–H groups in total. The van der Waals surface area contributed by atoms with Crippen molar-refractivity contribution in [3.05, 3.63) is 29.8 Å². The molecule has 0 aromatic heterocycles. The number of para-hydroxylation sites is 1. The summed E-state index contributed by atoms with van der Waals surface area (Å²) in [5.41, 5.74) is 0.701. The number of sulfone groups is 1. The highest BCUT2D eigenvalue weighted by atomic mass is 32.2. The lowest BCUT2D eigenvalue weighted by molar-refractivity contribution is -0.113. The van der Waals surface area contributed by atoms with Crippen LogP contribution in [0.15, 0.2) is 24.3 Å². The Morgan fingerprint density at radius 3 is 2.74 bits per heavy atom. The number of esters is 1. The minimum absolute atomic E-state index is 0.0361. The zero-order valence-corrected chi connectivity index (χ0v) is 14.4. The van der Waals surface area contributed by atoms with Crippen LogP contribution in [0.3, 0.4) is 0 Å². The van der Waals surface area contributed by atoms with Crippen molar-refractivity contribution in [2.24, 2.45) is 0 Å². The van der Waals surface area contributed by atoms with Gasteiger partial charge >= 0.3 is 5.97 Å². The first-order chi connectivity index (χ1) is 10.9. The van der Waals surface area contributed by atoms with Crippen molar-refractivity contribution in [2.45, 2.75) is 18.6 Å². The topological polar surface area (TPSA) is 89.5 Å². The molecule has 8 heteroatoms. The second-order valence-electron chi connectivity index (χ2n) is 5.15. The van der Waals surface area contributed by atoms with E-state index in [-0.39, 0.29) is 35.0 Å². The second-order valence-corrected chi connectivity index (χ2v) is 8.67. The molecular formula is C15H19NO5S2. The highest BCUT2D eigenvalue weighted by molar-refractivity contribution is 8.02. The summed E-state index contributed by atoms with van der Waals surface area (Å²) in [6, 6.07) is 6.63. The second kappa shape index (κ2) is 7.83. The monoisotopic (exact) mass is 357 g/mol. The van der Waals surface area contributed by atoms with Crippen LogP contribution in [0, 0.1) is 0 Å². The van der Waals surface area contributed by atoms with Crippen LogP contribution in [-0.4, -0.2) is 49.4 Å². The molecule has 6 nitrogen and oxygen atoms in total. The number of amides is 1. The summed E-state index contributed by atoms with van der Waals surface area (Å²) in [5, 5.41) is 2.65. The van der Waals surface area contributed by atoms with E-state index in [4.69, 9.17) is 4.74 Å². The minimum atomic E-state index is -2.94. The molecule has 126 valence electrons. The molecule has 0 aliphatic carbocycles. The van der Waals surface area contributed by atoms with Crippen molar-refractivity contribution in [1.29, 1.82) is 0 Å². The van der Waals surface area contributed by atoms with E-state index < -0.39 is 15.8 Å². The molecule has 1 amide bonds. The van der Waals surface area contributed by atoms with Gasteiger partial charge in [-0.25, -0.2) is 13.2 Å². The lowest BCUT2D eigenvalue weighted by atomic mass is 10.2. The Labute approximate surface area is 139 Å². The molecule has 2 rings (SSSR count). The summed E-state index contributed by atoms with van der Waals surface area (Å²) in [7, 11) is -2.94. The van der Waals surface area contributed by atoms with Crippen LogP contribution >= 0.6 is 11.8 Å². The molecule has 1 aromatic carbocycles. The van der Waals surface area contributed by atoms with Crippen LogP contribution in [0.4, 0.5) is 5.69 Å². The Morgan fingerprint density at radius 1 is 1.35 bits per heavy atom. The SMILES string of the molecule is CCOC(=O)c1ccccc1NC(=O)CS[C@H]1CCS(=O)(=O)C1. The largest absolute Gasteiger partial charge is 0.462 e. The van der Waals surface area contributed by atoms with Gasteiger partial charge in [0.2, 0.25) is 5.91 Å². The number of nitrogens with one attached hydrogen (secondary N) is 1. The number of carbonyl (C=O) groups excluding carboxylic acids is 2. The summed E-state index contributed by atoms with van der Waals surface area (Å²) in [5.74, 6) is -0.284. The number of hydrogen-bond acceptors (Lipinski definition) is 6. The quantitative estimate of drug-likeness (QED) is 0.780. The number of ether oxygens (including phenoxy) is 1. The zero-order chi connectivity index (χ0) is 16.9. The van der Waals surface area contributed by atoms with Crippen molar-refractivity contribution in [3.63, 3.8) is 0 Å². The van der Waals surface area contributed by atoms with Gasteiger partial charge in [0.1, 0.15) is 0 Å². The van der Waals surface area contributed by atoms with Crippen LogP contribution in [0.1, 0.15) is 23.7 Å². The molecule has 23 heavy (non-hydrogen) atoms. The average Bonchev–Trinajstić information content (AvgIpc) is 2.85. The fraction of sp³-hybridized carbons (Fsp3) is 0.467. The van der Waals surface area contributed by atoms with Crippen LogP contribution in [0.25, 0.3) is 0 Å². The maximum Gasteiger partial charge on any atom is 0.340 e. The van der Waals surface area contributed by atoms with Crippen molar-refractivity contribution < 1.29 is 22.7 Å². The van der Waals surface area contributed by atoms with Crippen LogP contribution in [0.2, 0.25) is 0 Å². The number of benzene rings is 1. The number of rotatable bonds is 6. The molecule has 0 saturated carbocycles. The third-order valence-electron chi connectivity index (χ3n) is 3.34. The lowest BCUT2D eigenvalue weighted by Crippen LogP contribution is -2.19. The first kappa shape index (κ1) is 17.8. The van der Waals surface area contributed by atoms with Gasteiger partial charge in [0.15, 0.2) is 9.84 Å². The Balaban J connectivity index is 1.92. The predicted molar refractivity (Wildman–Crippen MR) is 90.5 cm³/mol. The van der Waals surface area contributed by atoms with Crippen LogP contribution in [-0.2, 0) is 19.4 Å². The molecule has 0 unspecified atom stereocenters. The molecule has 1 aliphatic heterocycles. The van der Waals surface area contributed by atoms with Crippen LogP contribution < -0.4 is 5.32 Å². The van der Waals surface area contributed by atoms with E-state index in [9.17, 15) is 18.0 Å². The Bertz CT molecular complexity index is 687. The standard InChI is InChI=1S/C15H19NO5S2/c1-2-21-15(18)12-5-3-4-6-13(12)16-14(17)9-22-11-7-8-23(19,20)10-11/h3-6,11H,2,7-10H2,1H3,(H,16,17)/t11-/m0/s1. The summed E-state index contributed by atoms with van der Waals surface area (Å²) in [6.45, 7) is 1.97. The minimum Gasteiger partial charge on any atom is -0.462 e. The summed E-state index contributed by atoms with van der Waals surface area (Å²) >= 11 is 1.33. The molecule has 1 aromatic rings. The van der Waals surface area contributed by atoms with Crippen molar-refractivity contribution in [2.75, 3.05) is 29.2 Å². The molecule has 0 spiro atoms. The highest BCUT2D eigenvalue weighted by Crippen LogP contribution is 2.24. The van der Waals surface area contributed by atoms with E-state index in [0.29, 0.717) is 17.7 Å². The van der Waals surface area contributed by atoms with Gasteiger partial charge in [0, 0.05) is 5.25 Å². The average molecular weight is 357 g/mol. The van der Waals surface area contributed by atoms with Gasteiger partial charge in [-0.15, -0.1) is 11.8 Å². The molecule has 1 saturated heterocycles. The summed E-state index contributed by atoms with van der Waals surface area (Å²) in [4.78, 5) is 23.9. The number of hydrogen-bond donors (Lipinski definition) is 1.